The zero-order chi connectivity index (χ0) is 31.9. The van der Waals surface area contributed by atoms with Gasteiger partial charge in [0.05, 0.1) is 5.69 Å². The van der Waals surface area contributed by atoms with E-state index in [-0.39, 0.29) is 6.23 Å². The third-order valence-electron chi connectivity index (χ3n) is 8.43. The van der Waals surface area contributed by atoms with E-state index in [0.29, 0.717) is 11.8 Å². The summed E-state index contributed by atoms with van der Waals surface area (Å²) < 4.78 is 18.3. The molecule has 5 aromatic carbocycles. The van der Waals surface area contributed by atoms with Crippen LogP contribution >= 0.6 is 0 Å². The second-order valence-corrected chi connectivity index (χ2v) is 11.7. The Bertz CT molecular complexity index is 2220. The Morgan fingerprint density at radius 2 is 1.34 bits per heavy atom. The van der Waals surface area contributed by atoms with Crippen LogP contribution in [0, 0.1) is 6.92 Å². The van der Waals surface area contributed by atoms with E-state index in [1.165, 1.54) is 0 Å². The number of hydrogen-bond donors (Lipinski definition) is 1. The van der Waals surface area contributed by atoms with Crippen LogP contribution in [0.2, 0.25) is 0 Å². The molecule has 0 saturated heterocycles. The lowest BCUT2D eigenvalue weighted by Gasteiger charge is -2.27. The minimum Gasteiger partial charge on any atom is -0.465 e. The largest absolute Gasteiger partial charge is 0.465 e. The third-order valence-corrected chi connectivity index (χ3v) is 8.43. The predicted molar refractivity (Wildman–Crippen MR) is 188 cm³/mol. The first-order valence-electron chi connectivity index (χ1n) is 15.6. The molecule has 47 heavy (non-hydrogen) atoms. The number of aryl methyl sites for hydroxylation is 1. The first-order valence-corrected chi connectivity index (χ1v) is 15.6. The van der Waals surface area contributed by atoms with Crippen LogP contribution in [-0.4, -0.2) is 16.2 Å². The average Bonchev–Trinajstić information content (AvgIpc) is 3.84. The van der Waals surface area contributed by atoms with Crippen molar-refractivity contribution in [2.24, 2.45) is 0 Å². The van der Waals surface area contributed by atoms with Gasteiger partial charge in [0.1, 0.15) is 16.8 Å². The molecule has 1 aliphatic rings. The molecule has 0 fully saturated rings. The number of nitrogens with zero attached hydrogens (tertiary/aromatic N) is 3. The van der Waals surface area contributed by atoms with Gasteiger partial charge in [-0.2, -0.15) is 0 Å². The minimum absolute atomic E-state index is 0.224. The molecule has 0 bridgehead atoms. The number of aromatic nitrogens is 2. The van der Waals surface area contributed by atoms with Crippen LogP contribution in [-0.2, 0) is 0 Å². The highest BCUT2D eigenvalue weighted by molar-refractivity contribution is 5.80. The Balaban J connectivity index is 1.14. The van der Waals surface area contributed by atoms with Crippen molar-refractivity contribution in [1.82, 2.24) is 9.97 Å². The summed E-state index contributed by atoms with van der Waals surface area (Å²) in [6, 6.07) is 38.3. The Morgan fingerprint density at radius 1 is 0.702 bits per heavy atom. The normalized spacial score (nSPS) is 14.7. The van der Waals surface area contributed by atoms with Gasteiger partial charge in [0, 0.05) is 28.2 Å². The zero-order valence-corrected chi connectivity index (χ0v) is 26.3. The molecule has 7 heteroatoms. The molecule has 3 heterocycles. The molecule has 1 aliphatic heterocycles. The van der Waals surface area contributed by atoms with Crippen molar-refractivity contribution in [3.63, 3.8) is 0 Å². The standard InChI is InChI=1S/C40H32N4O3/c1-25(38-41-32-10-4-7-13-35(32)45-38)16-17-27(3)44(29-20-18-28(19-21-29)39-42-33-11-5-8-14-36(33)46-39)30-22-23-31(26(2)24-30)40-43-34-12-6-9-15-37(34)47-40/h4-24,38,41H,1-3H3/b25-16+,27-17+. The molecule has 0 amide bonds. The van der Waals surface area contributed by atoms with Gasteiger partial charge in [-0.05, 0) is 117 Å². The second-order valence-electron chi connectivity index (χ2n) is 11.7. The van der Waals surface area contributed by atoms with Crippen LogP contribution in [0.25, 0.3) is 45.1 Å². The molecule has 0 aliphatic carbocycles. The fourth-order valence-electron chi connectivity index (χ4n) is 5.93. The van der Waals surface area contributed by atoms with Crippen LogP contribution in [0.1, 0.15) is 19.4 Å². The highest BCUT2D eigenvalue weighted by Crippen LogP contribution is 2.37. The lowest BCUT2D eigenvalue weighted by atomic mass is 10.1. The summed E-state index contributed by atoms with van der Waals surface area (Å²) in [5.74, 6) is 2.07. The van der Waals surface area contributed by atoms with Crippen LogP contribution < -0.4 is 15.0 Å². The van der Waals surface area contributed by atoms with Crippen molar-refractivity contribution in [3.8, 4) is 28.7 Å². The van der Waals surface area contributed by atoms with Crippen molar-refractivity contribution in [2.75, 3.05) is 10.2 Å². The number of nitrogens with one attached hydrogen (secondary N) is 1. The molecule has 0 saturated carbocycles. The van der Waals surface area contributed by atoms with Crippen LogP contribution in [0.5, 0.6) is 5.75 Å². The highest BCUT2D eigenvalue weighted by Gasteiger charge is 2.22. The fourth-order valence-corrected chi connectivity index (χ4v) is 5.93. The van der Waals surface area contributed by atoms with Gasteiger partial charge in [-0.3, -0.25) is 0 Å². The molecule has 1 N–H and O–H groups in total. The number of benzene rings is 5. The lowest BCUT2D eigenvalue weighted by Crippen LogP contribution is -2.21. The average molecular weight is 617 g/mol. The summed E-state index contributed by atoms with van der Waals surface area (Å²) in [7, 11) is 0. The number of ether oxygens (including phenoxy) is 1. The van der Waals surface area contributed by atoms with E-state index >= 15 is 0 Å². The van der Waals surface area contributed by atoms with Gasteiger partial charge in [0.25, 0.3) is 0 Å². The molecular weight excluding hydrogens is 584 g/mol. The van der Waals surface area contributed by atoms with Crippen molar-refractivity contribution in [2.45, 2.75) is 27.0 Å². The lowest BCUT2D eigenvalue weighted by molar-refractivity contribution is 0.290. The van der Waals surface area contributed by atoms with Crippen LogP contribution in [0.15, 0.2) is 148 Å². The Morgan fingerprint density at radius 3 is 2.04 bits per heavy atom. The summed E-state index contributed by atoms with van der Waals surface area (Å²) in [6.07, 6.45) is 4.01. The quantitative estimate of drug-likeness (QED) is 0.179. The van der Waals surface area contributed by atoms with Crippen molar-refractivity contribution >= 4 is 39.3 Å². The SMILES string of the molecule is C/C(=C\C=C(/C)N(c1ccc(-c2nc3ccccc3o2)cc1)c1ccc(-c2nc3ccccc3o2)c(C)c1)C1Nc2ccccc2O1. The molecule has 0 radical (unpaired) electrons. The van der Waals surface area contributed by atoms with E-state index in [0.717, 1.165) is 73.0 Å². The summed E-state index contributed by atoms with van der Waals surface area (Å²) in [6.45, 7) is 6.28. The minimum atomic E-state index is -0.224. The maximum atomic E-state index is 6.15. The maximum absolute atomic E-state index is 6.15. The smallest absolute Gasteiger partial charge is 0.227 e. The third kappa shape index (κ3) is 5.42. The molecule has 0 spiro atoms. The van der Waals surface area contributed by atoms with Crippen LogP contribution in [0.4, 0.5) is 17.1 Å². The van der Waals surface area contributed by atoms with E-state index < -0.39 is 0 Å². The molecule has 7 nitrogen and oxygen atoms in total. The van der Waals surface area contributed by atoms with Crippen LogP contribution in [0.3, 0.4) is 0 Å². The number of oxazole rings is 2. The topological polar surface area (TPSA) is 76.6 Å². The summed E-state index contributed by atoms with van der Waals surface area (Å²) in [5, 5.41) is 3.46. The summed E-state index contributed by atoms with van der Waals surface area (Å²) in [4.78, 5) is 11.7. The van der Waals surface area contributed by atoms with E-state index in [2.05, 4.69) is 90.6 Å². The number of para-hydroxylation sites is 6. The molecule has 8 rings (SSSR count). The highest BCUT2D eigenvalue weighted by atomic mass is 16.5. The summed E-state index contributed by atoms with van der Waals surface area (Å²) >= 11 is 0. The fraction of sp³-hybridized carbons (Fsp3) is 0.100. The molecule has 2 aromatic heterocycles. The number of allylic oxidation sites excluding steroid dienone is 3. The maximum Gasteiger partial charge on any atom is 0.227 e. The molecular formula is C40H32N4O3. The van der Waals surface area contributed by atoms with Gasteiger partial charge in [-0.1, -0.05) is 42.5 Å². The van der Waals surface area contributed by atoms with Crippen molar-refractivity contribution in [3.05, 3.63) is 144 Å². The van der Waals surface area contributed by atoms with Gasteiger partial charge in [-0.15, -0.1) is 0 Å². The first kappa shape index (κ1) is 28.4. The Hall–Kier alpha value is -6.08. The Labute approximate surface area is 272 Å². The number of rotatable bonds is 7. The van der Waals surface area contributed by atoms with E-state index in [1.54, 1.807) is 0 Å². The molecule has 230 valence electrons. The number of anilines is 3. The second kappa shape index (κ2) is 11.7. The van der Waals surface area contributed by atoms with Crippen molar-refractivity contribution in [1.29, 1.82) is 0 Å². The Kier molecular flexibility index (Phi) is 7.06. The monoisotopic (exact) mass is 616 g/mol. The molecule has 1 unspecified atom stereocenters. The van der Waals surface area contributed by atoms with E-state index in [9.17, 15) is 0 Å². The predicted octanol–water partition coefficient (Wildman–Crippen LogP) is 10.4. The van der Waals surface area contributed by atoms with Gasteiger partial charge >= 0.3 is 0 Å². The molecule has 1 atom stereocenters. The van der Waals surface area contributed by atoms with Gasteiger partial charge in [-0.25, -0.2) is 9.97 Å². The van der Waals surface area contributed by atoms with Gasteiger partial charge in [0.2, 0.25) is 11.8 Å². The van der Waals surface area contributed by atoms with Gasteiger partial charge in [0.15, 0.2) is 17.4 Å². The number of fused-ring (bicyclic) bond motifs is 3. The molecule has 7 aromatic rings. The van der Waals surface area contributed by atoms with Gasteiger partial charge < -0.3 is 23.8 Å². The summed E-state index contributed by atoms with van der Waals surface area (Å²) in [5.41, 5.74) is 11.3. The van der Waals surface area contributed by atoms with E-state index in [1.807, 2.05) is 72.8 Å². The first-order chi connectivity index (χ1) is 23.0. The number of hydrogen-bond acceptors (Lipinski definition) is 7. The van der Waals surface area contributed by atoms with Crippen molar-refractivity contribution < 1.29 is 13.6 Å². The van der Waals surface area contributed by atoms with E-state index in [4.69, 9.17) is 18.6 Å². The zero-order valence-electron chi connectivity index (χ0n) is 26.3.